The van der Waals surface area contributed by atoms with Gasteiger partial charge in [-0.2, -0.15) is 0 Å². The van der Waals surface area contributed by atoms with Gasteiger partial charge in [0.1, 0.15) is 0 Å². The number of benzene rings is 3. The van der Waals surface area contributed by atoms with Gasteiger partial charge >= 0.3 is 5.97 Å². The van der Waals surface area contributed by atoms with Crippen molar-refractivity contribution in [3.63, 3.8) is 0 Å². The summed E-state index contributed by atoms with van der Waals surface area (Å²) in [6, 6.07) is 21.8. The topological polar surface area (TPSA) is 78.6 Å². The highest BCUT2D eigenvalue weighted by Crippen LogP contribution is 2.36. The van der Waals surface area contributed by atoms with Gasteiger partial charge in [0.25, 0.3) is 0 Å². The largest absolute Gasteiger partial charge is 0.481 e. The van der Waals surface area contributed by atoms with Crippen LogP contribution in [0.25, 0.3) is 22.1 Å². The summed E-state index contributed by atoms with van der Waals surface area (Å²) in [5.41, 5.74) is 4.49. The zero-order valence-electron chi connectivity index (χ0n) is 17.3. The molecule has 1 saturated heterocycles. The fourth-order valence-electron chi connectivity index (χ4n) is 4.21. The Bertz CT molecular complexity index is 1270. The van der Waals surface area contributed by atoms with Crippen molar-refractivity contribution in [1.82, 2.24) is 10.1 Å². The molecule has 1 aliphatic heterocycles. The van der Waals surface area contributed by atoms with E-state index < -0.39 is 5.97 Å². The number of anilines is 2. The average molecular weight is 448 g/mol. The number of halogens is 1. The van der Waals surface area contributed by atoms with E-state index in [0.717, 1.165) is 34.3 Å². The Morgan fingerprint density at radius 3 is 2.78 bits per heavy atom. The van der Waals surface area contributed by atoms with Crippen molar-refractivity contribution < 1.29 is 14.4 Å². The standard InChI is InChI=1S/C25H22ClN3O3/c26-23-19(17-5-2-1-3-6-17)7-4-8-21(23)27-24-20-13-16(9-10-22(20)32-28-24)14-29-12-11-18(15-29)25(30)31/h1-10,13,18H,11-12,14-15H2,(H,27,28)(H,30,31). The minimum absolute atomic E-state index is 0.286. The molecule has 1 aliphatic rings. The first kappa shape index (κ1) is 20.5. The van der Waals surface area contributed by atoms with E-state index in [1.807, 2.05) is 66.7 Å². The van der Waals surface area contributed by atoms with Crippen LogP contribution in [0.4, 0.5) is 11.5 Å². The number of hydrogen-bond donors (Lipinski definition) is 2. The number of rotatable bonds is 6. The van der Waals surface area contributed by atoms with E-state index >= 15 is 0 Å². The molecule has 2 N–H and O–H groups in total. The number of likely N-dealkylation sites (tertiary alicyclic amines) is 1. The molecule has 5 rings (SSSR count). The molecular formula is C25H22ClN3O3. The lowest BCUT2D eigenvalue weighted by Gasteiger charge is -2.15. The molecule has 162 valence electrons. The molecule has 6 nitrogen and oxygen atoms in total. The third-order valence-electron chi connectivity index (χ3n) is 5.90. The molecule has 2 heterocycles. The Kier molecular flexibility index (Phi) is 5.55. The lowest BCUT2D eigenvalue weighted by molar-refractivity contribution is -0.141. The SMILES string of the molecule is O=C(O)C1CCN(Cc2ccc3onc(Nc4cccc(-c5ccccc5)c4Cl)c3c2)C1. The molecule has 0 aliphatic carbocycles. The minimum atomic E-state index is -0.719. The first-order chi connectivity index (χ1) is 15.6. The van der Waals surface area contributed by atoms with Gasteiger partial charge in [0.15, 0.2) is 11.4 Å². The Hall–Kier alpha value is -3.35. The van der Waals surface area contributed by atoms with Gasteiger partial charge < -0.3 is 14.9 Å². The predicted octanol–water partition coefficient (Wildman–Crippen LogP) is 5.80. The molecule has 0 spiro atoms. The molecule has 1 fully saturated rings. The highest BCUT2D eigenvalue weighted by molar-refractivity contribution is 6.36. The van der Waals surface area contributed by atoms with E-state index in [9.17, 15) is 9.90 Å². The molecule has 0 radical (unpaired) electrons. The van der Waals surface area contributed by atoms with Crippen molar-refractivity contribution in [3.8, 4) is 11.1 Å². The van der Waals surface area contributed by atoms with Gasteiger partial charge in [0.2, 0.25) is 0 Å². The Morgan fingerprint density at radius 2 is 2.00 bits per heavy atom. The number of nitrogens with one attached hydrogen (secondary N) is 1. The number of carboxylic acids is 1. The van der Waals surface area contributed by atoms with Gasteiger partial charge in [-0.05, 0) is 42.3 Å². The fraction of sp³-hybridized carbons (Fsp3) is 0.200. The first-order valence-corrected chi connectivity index (χ1v) is 10.9. The molecular weight excluding hydrogens is 426 g/mol. The van der Waals surface area contributed by atoms with Crippen LogP contribution in [0.3, 0.4) is 0 Å². The van der Waals surface area contributed by atoms with E-state index in [0.29, 0.717) is 35.9 Å². The average Bonchev–Trinajstić information content (AvgIpc) is 3.43. The fourth-order valence-corrected chi connectivity index (χ4v) is 4.49. The summed E-state index contributed by atoms with van der Waals surface area (Å²) >= 11 is 6.72. The first-order valence-electron chi connectivity index (χ1n) is 10.5. The minimum Gasteiger partial charge on any atom is -0.481 e. The maximum atomic E-state index is 11.2. The molecule has 4 aromatic rings. The number of nitrogens with zero attached hydrogens (tertiary/aromatic N) is 2. The van der Waals surface area contributed by atoms with Gasteiger partial charge in [0, 0.05) is 18.7 Å². The van der Waals surface area contributed by atoms with Gasteiger partial charge in [-0.25, -0.2) is 0 Å². The number of fused-ring (bicyclic) bond motifs is 1. The van der Waals surface area contributed by atoms with Crippen molar-refractivity contribution >= 4 is 40.0 Å². The summed E-state index contributed by atoms with van der Waals surface area (Å²) in [7, 11) is 0. The zero-order chi connectivity index (χ0) is 22.1. The highest BCUT2D eigenvalue weighted by atomic mass is 35.5. The smallest absolute Gasteiger partial charge is 0.307 e. The van der Waals surface area contributed by atoms with Crippen LogP contribution < -0.4 is 5.32 Å². The normalized spacial score (nSPS) is 16.5. The number of hydrogen-bond acceptors (Lipinski definition) is 5. The zero-order valence-corrected chi connectivity index (χ0v) is 18.0. The Labute approximate surface area is 190 Å². The molecule has 0 bridgehead atoms. The maximum absolute atomic E-state index is 11.2. The molecule has 1 atom stereocenters. The van der Waals surface area contributed by atoms with Crippen LogP contribution in [-0.4, -0.2) is 34.2 Å². The van der Waals surface area contributed by atoms with Crippen molar-refractivity contribution in [2.24, 2.45) is 5.92 Å². The van der Waals surface area contributed by atoms with Crippen molar-refractivity contribution in [2.75, 3.05) is 18.4 Å². The summed E-state index contributed by atoms with van der Waals surface area (Å²) < 4.78 is 5.50. The number of aromatic nitrogens is 1. The molecule has 3 aromatic carbocycles. The molecule has 32 heavy (non-hydrogen) atoms. The summed E-state index contributed by atoms with van der Waals surface area (Å²) in [6.07, 6.45) is 0.688. The Morgan fingerprint density at radius 1 is 1.16 bits per heavy atom. The van der Waals surface area contributed by atoms with Crippen LogP contribution in [0.5, 0.6) is 0 Å². The second-order valence-electron chi connectivity index (χ2n) is 8.08. The van der Waals surface area contributed by atoms with E-state index in [4.69, 9.17) is 16.1 Å². The highest BCUT2D eigenvalue weighted by Gasteiger charge is 2.27. The summed E-state index contributed by atoms with van der Waals surface area (Å²) in [6.45, 7) is 2.05. The molecule has 7 heteroatoms. The third kappa shape index (κ3) is 4.07. The van der Waals surface area contributed by atoms with Crippen molar-refractivity contribution in [3.05, 3.63) is 77.3 Å². The quantitative estimate of drug-likeness (QED) is 0.389. The van der Waals surface area contributed by atoms with Crippen LogP contribution in [0.1, 0.15) is 12.0 Å². The molecule has 0 amide bonds. The maximum Gasteiger partial charge on any atom is 0.307 e. The van der Waals surface area contributed by atoms with Gasteiger partial charge in [-0.1, -0.05) is 65.3 Å². The van der Waals surface area contributed by atoms with E-state index in [2.05, 4.69) is 15.4 Å². The van der Waals surface area contributed by atoms with Crippen molar-refractivity contribution in [2.45, 2.75) is 13.0 Å². The number of aliphatic carboxylic acids is 1. The van der Waals surface area contributed by atoms with Crippen LogP contribution in [-0.2, 0) is 11.3 Å². The summed E-state index contributed by atoms with van der Waals surface area (Å²) in [5.74, 6) is -0.410. The van der Waals surface area contributed by atoms with Crippen LogP contribution in [0.15, 0.2) is 71.3 Å². The molecule has 1 aromatic heterocycles. The van der Waals surface area contributed by atoms with E-state index in [1.165, 1.54) is 0 Å². The monoisotopic (exact) mass is 447 g/mol. The molecule has 1 unspecified atom stereocenters. The van der Waals surface area contributed by atoms with Crippen LogP contribution in [0.2, 0.25) is 5.02 Å². The van der Waals surface area contributed by atoms with E-state index in [1.54, 1.807) is 0 Å². The van der Waals surface area contributed by atoms with Crippen LogP contribution in [0, 0.1) is 5.92 Å². The van der Waals surface area contributed by atoms with Crippen LogP contribution >= 0.6 is 11.6 Å². The lowest BCUT2D eigenvalue weighted by Crippen LogP contribution is -2.22. The van der Waals surface area contributed by atoms with Gasteiger partial charge in [0.05, 0.1) is 22.0 Å². The molecule has 0 saturated carbocycles. The Balaban J connectivity index is 1.40. The number of carbonyl (C=O) groups is 1. The summed E-state index contributed by atoms with van der Waals surface area (Å²) in [5, 5.41) is 18.2. The van der Waals surface area contributed by atoms with Gasteiger partial charge in [-0.15, -0.1) is 0 Å². The summed E-state index contributed by atoms with van der Waals surface area (Å²) in [4.78, 5) is 13.4. The third-order valence-corrected chi connectivity index (χ3v) is 6.31. The van der Waals surface area contributed by atoms with Gasteiger partial charge in [-0.3, -0.25) is 9.69 Å². The van der Waals surface area contributed by atoms with Crippen molar-refractivity contribution in [1.29, 1.82) is 0 Å². The second kappa shape index (κ2) is 8.65. The van der Waals surface area contributed by atoms with E-state index in [-0.39, 0.29) is 5.92 Å². The predicted molar refractivity (Wildman–Crippen MR) is 125 cm³/mol. The second-order valence-corrected chi connectivity index (χ2v) is 8.46. The number of carboxylic acid groups (broad SMARTS) is 1. The lowest BCUT2D eigenvalue weighted by atomic mass is 10.0.